The van der Waals surface area contributed by atoms with E-state index in [0.29, 0.717) is 18.0 Å². The Bertz CT molecular complexity index is 827. The van der Waals surface area contributed by atoms with Crippen molar-refractivity contribution in [1.82, 2.24) is 14.9 Å². The SMILES string of the molecule is COc1ccc2c(c1)[C@H](C(=O)NCc1cn3c(n1)SCC3)CC(=O)N2. The minimum Gasteiger partial charge on any atom is -0.497 e. The van der Waals surface area contributed by atoms with E-state index < -0.39 is 5.92 Å². The third-order valence-electron chi connectivity index (χ3n) is 4.41. The summed E-state index contributed by atoms with van der Waals surface area (Å²) in [5, 5.41) is 6.71. The van der Waals surface area contributed by atoms with Gasteiger partial charge in [0.25, 0.3) is 0 Å². The third kappa shape index (κ3) is 3.09. The van der Waals surface area contributed by atoms with Crippen LogP contribution in [0.25, 0.3) is 0 Å². The Morgan fingerprint density at radius 1 is 1.52 bits per heavy atom. The number of rotatable bonds is 4. The number of nitrogens with zero attached hydrogens (tertiary/aromatic N) is 2. The van der Waals surface area contributed by atoms with Crippen LogP contribution in [0, 0.1) is 0 Å². The highest BCUT2D eigenvalue weighted by molar-refractivity contribution is 7.99. The molecule has 0 unspecified atom stereocenters. The Balaban J connectivity index is 1.50. The molecule has 0 spiro atoms. The molecular formula is C17H18N4O3S. The van der Waals surface area contributed by atoms with E-state index >= 15 is 0 Å². The number of ether oxygens (including phenoxy) is 1. The normalized spacial score (nSPS) is 18.3. The summed E-state index contributed by atoms with van der Waals surface area (Å²) in [5.41, 5.74) is 2.27. The van der Waals surface area contributed by atoms with Crippen LogP contribution in [0.15, 0.2) is 29.6 Å². The second-order valence-electron chi connectivity index (χ2n) is 6.03. The number of nitrogens with one attached hydrogen (secondary N) is 2. The Morgan fingerprint density at radius 2 is 2.40 bits per heavy atom. The van der Waals surface area contributed by atoms with Gasteiger partial charge in [0.2, 0.25) is 11.8 Å². The fourth-order valence-electron chi connectivity index (χ4n) is 3.15. The summed E-state index contributed by atoms with van der Waals surface area (Å²) in [6.07, 6.45) is 2.10. The molecule has 0 aliphatic carbocycles. The van der Waals surface area contributed by atoms with Crippen LogP contribution in [0.4, 0.5) is 5.69 Å². The molecule has 2 aromatic rings. The predicted octanol–water partition coefficient (Wildman–Crippen LogP) is 1.74. The van der Waals surface area contributed by atoms with E-state index in [-0.39, 0.29) is 18.2 Å². The standard InChI is InChI=1S/C17H18N4O3S/c1-24-11-2-3-14-12(6-11)13(7-15(22)20-14)16(23)18-8-10-9-21-4-5-25-17(21)19-10/h2-3,6,9,13H,4-5,7-8H2,1H3,(H,18,23)(H,20,22)/t13-/m1/s1. The van der Waals surface area contributed by atoms with E-state index in [9.17, 15) is 9.59 Å². The highest BCUT2D eigenvalue weighted by Crippen LogP contribution is 2.35. The van der Waals surface area contributed by atoms with E-state index in [4.69, 9.17) is 4.74 Å². The van der Waals surface area contributed by atoms with Gasteiger partial charge in [-0.15, -0.1) is 0 Å². The largest absolute Gasteiger partial charge is 0.497 e. The van der Waals surface area contributed by atoms with Crippen LogP contribution < -0.4 is 15.4 Å². The molecule has 4 rings (SSSR count). The predicted molar refractivity (Wildman–Crippen MR) is 93.8 cm³/mol. The van der Waals surface area contributed by atoms with Crippen LogP contribution in [-0.2, 0) is 22.7 Å². The number of hydrogen-bond acceptors (Lipinski definition) is 5. The number of benzene rings is 1. The number of aryl methyl sites for hydroxylation is 1. The van der Waals surface area contributed by atoms with Crippen LogP contribution in [0.5, 0.6) is 5.75 Å². The average Bonchev–Trinajstić information content (AvgIpc) is 3.20. The van der Waals surface area contributed by atoms with Crippen LogP contribution in [-0.4, -0.2) is 34.2 Å². The highest BCUT2D eigenvalue weighted by Gasteiger charge is 2.31. The fourth-order valence-corrected chi connectivity index (χ4v) is 4.11. The van der Waals surface area contributed by atoms with Crippen LogP contribution in [0.2, 0.25) is 0 Å². The van der Waals surface area contributed by atoms with Gasteiger partial charge in [0.05, 0.1) is 25.3 Å². The molecule has 2 amide bonds. The molecule has 1 atom stereocenters. The van der Waals surface area contributed by atoms with Gasteiger partial charge in [-0.25, -0.2) is 4.98 Å². The molecule has 0 radical (unpaired) electrons. The zero-order valence-corrected chi connectivity index (χ0v) is 14.6. The lowest BCUT2D eigenvalue weighted by Gasteiger charge is -2.25. The summed E-state index contributed by atoms with van der Waals surface area (Å²) in [6.45, 7) is 1.31. The van der Waals surface area contributed by atoms with E-state index in [1.165, 1.54) is 0 Å². The Morgan fingerprint density at radius 3 is 3.20 bits per heavy atom. The molecule has 1 aromatic heterocycles. The zero-order valence-electron chi connectivity index (χ0n) is 13.7. The van der Waals surface area contributed by atoms with Gasteiger partial charge in [-0.2, -0.15) is 0 Å². The molecule has 130 valence electrons. The number of methoxy groups -OCH3 is 1. The zero-order chi connectivity index (χ0) is 17.4. The molecule has 0 fully saturated rings. The minimum absolute atomic E-state index is 0.127. The van der Waals surface area contributed by atoms with Crippen molar-refractivity contribution in [3.8, 4) is 5.75 Å². The van der Waals surface area contributed by atoms with Crippen LogP contribution >= 0.6 is 11.8 Å². The molecule has 2 aliphatic rings. The smallest absolute Gasteiger partial charge is 0.228 e. The molecule has 0 saturated carbocycles. The van der Waals surface area contributed by atoms with Crippen molar-refractivity contribution in [2.45, 2.75) is 30.6 Å². The number of carbonyl (C=O) groups is 2. The summed E-state index contributed by atoms with van der Waals surface area (Å²) in [6, 6.07) is 5.34. The molecule has 1 aromatic carbocycles. The maximum Gasteiger partial charge on any atom is 0.228 e. The van der Waals surface area contributed by atoms with Crippen LogP contribution in [0.3, 0.4) is 0 Å². The van der Waals surface area contributed by atoms with E-state index in [1.807, 2.05) is 6.20 Å². The molecular weight excluding hydrogens is 340 g/mol. The second-order valence-corrected chi connectivity index (χ2v) is 7.09. The Hall–Kier alpha value is -2.48. The van der Waals surface area contributed by atoms with Crippen molar-refractivity contribution >= 4 is 29.3 Å². The number of hydrogen-bond donors (Lipinski definition) is 2. The average molecular weight is 358 g/mol. The van der Waals surface area contributed by atoms with Crippen molar-refractivity contribution in [3.05, 3.63) is 35.7 Å². The summed E-state index contributed by atoms with van der Waals surface area (Å²) >= 11 is 1.72. The highest BCUT2D eigenvalue weighted by atomic mass is 32.2. The monoisotopic (exact) mass is 358 g/mol. The van der Waals surface area contributed by atoms with Crippen molar-refractivity contribution in [2.24, 2.45) is 0 Å². The third-order valence-corrected chi connectivity index (χ3v) is 5.38. The number of amides is 2. The first-order chi connectivity index (χ1) is 12.1. The summed E-state index contributed by atoms with van der Waals surface area (Å²) in [7, 11) is 1.58. The minimum atomic E-state index is -0.525. The van der Waals surface area contributed by atoms with Crippen molar-refractivity contribution in [3.63, 3.8) is 0 Å². The van der Waals surface area contributed by atoms with Gasteiger partial charge in [0.1, 0.15) is 5.75 Å². The molecule has 0 bridgehead atoms. The molecule has 2 aliphatic heterocycles. The molecule has 0 saturated heterocycles. The number of anilines is 1. The van der Waals surface area contributed by atoms with Crippen LogP contribution in [0.1, 0.15) is 23.6 Å². The van der Waals surface area contributed by atoms with Gasteiger partial charge in [-0.3, -0.25) is 9.59 Å². The van der Waals surface area contributed by atoms with E-state index in [2.05, 4.69) is 20.2 Å². The first kappa shape index (κ1) is 16.0. The lowest BCUT2D eigenvalue weighted by Crippen LogP contribution is -2.34. The topological polar surface area (TPSA) is 85.2 Å². The van der Waals surface area contributed by atoms with E-state index in [0.717, 1.165) is 28.7 Å². The van der Waals surface area contributed by atoms with Crippen molar-refractivity contribution in [2.75, 3.05) is 18.2 Å². The van der Waals surface area contributed by atoms with Gasteiger partial charge < -0.3 is 19.9 Å². The quantitative estimate of drug-likeness (QED) is 0.870. The summed E-state index contributed by atoms with van der Waals surface area (Å²) < 4.78 is 7.34. The number of fused-ring (bicyclic) bond motifs is 2. The molecule has 25 heavy (non-hydrogen) atoms. The first-order valence-electron chi connectivity index (χ1n) is 8.08. The second kappa shape index (κ2) is 6.44. The van der Waals surface area contributed by atoms with Gasteiger partial charge in [-0.1, -0.05) is 11.8 Å². The van der Waals surface area contributed by atoms with E-state index in [1.54, 1.807) is 37.1 Å². The van der Waals surface area contributed by atoms with Crippen molar-refractivity contribution < 1.29 is 14.3 Å². The first-order valence-corrected chi connectivity index (χ1v) is 9.07. The number of thioether (sulfide) groups is 1. The van der Waals surface area contributed by atoms with Gasteiger partial charge in [0.15, 0.2) is 5.16 Å². The summed E-state index contributed by atoms with van der Waals surface area (Å²) in [5.74, 6) is 0.850. The number of aromatic nitrogens is 2. The van der Waals surface area contributed by atoms with Gasteiger partial charge in [0, 0.05) is 30.6 Å². The fraction of sp³-hybridized carbons (Fsp3) is 0.353. The summed E-state index contributed by atoms with van der Waals surface area (Å²) in [4.78, 5) is 29.1. The lowest BCUT2D eigenvalue weighted by atomic mass is 9.89. The van der Waals surface area contributed by atoms with Gasteiger partial charge in [-0.05, 0) is 23.8 Å². The van der Waals surface area contributed by atoms with Crippen molar-refractivity contribution in [1.29, 1.82) is 0 Å². The molecule has 2 N–H and O–H groups in total. The number of imidazole rings is 1. The Kier molecular flexibility index (Phi) is 4.12. The lowest BCUT2D eigenvalue weighted by molar-refractivity contribution is -0.126. The number of carbonyl (C=O) groups excluding carboxylic acids is 2. The molecule has 3 heterocycles. The van der Waals surface area contributed by atoms with Gasteiger partial charge >= 0.3 is 0 Å². The maximum atomic E-state index is 12.7. The Labute approximate surface area is 149 Å². The molecule has 7 nitrogen and oxygen atoms in total. The maximum absolute atomic E-state index is 12.7. The molecule has 8 heteroatoms.